The Morgan fingerprint density at radius 1 is 0.600 bits per heavy atom. The molecular formula is C43H33N3O3S. The number of anilines is 1. The molecular weight excluding hydrogens is 639 g/mol. The summed E-state index contributed by atoms with van der Waals surface area (Å²) in [5, 5.41) is 19.8. The van der Waals surface area contributed by atoms with Crippen LogP contribution < -0.4 is 5.32 Å². The van der Waals surface area contributed by atoms with Crippen molar-refractivity contribution in [1.82, 2.24) is 4.98 Å². The first-order chi connectivity index (χ1) is 24.6. The number of carboxylic acids is 1. The van der Waals surface area contributed by atoms with E-state index in [9.17, 15) is 14.8 Å². The molecule has 244 valence electrons. The van der Waals surface area contributed by atoms with Crippen molar-refractivity contribution in [3.63, 3.8) is 0 Å². The van der Waals surface area contributed by atoms with Crippen molar-refractivity contribution >= 4 is 22.4 Å². The first-order valence-corrected chi connectivity index (χ1v) is 17.1. The number of thiazole rings is 1. The Balaban J connectivity index is 1.51. The molecule has 0 spiro atoms. The Hall–Kier alpha value is -6.18. The van der Waals surface area contributed by atoms with Gasteiger partial charge < -0.3 is 10.4 Å². The summed E-state index contributed by atoms with van der Waals surface area (Å²) in [4.78, 5) is 30.0. The van der Waals surface area contributed by atoms with E-state index < -0.39 is 23.0 Å². The molecule has 1 unspecified atom stereocenters. The monoisotopic (exact) mass is 671 g/mol. The van der Waals surface area contributed by atoms with E-state index in [2.05, 4.69) is 46.9 Å². The summed E-state index contributed by atoms with van der Waals surface area (Å²) in [6.07, 6.45) is 0. The van der Waals surface area contributed by atoms with Crippen LogP contribution in [0, 0.1) is 4.91 Å². The number of hydrogen-bond donors (Lipinski definition) is 2. The van der Waals surface area contributed by atoms with Crippen LogP contribution in [0.5, 0.6) is 0 Å². The zero-order valence-electron chi connectivity index (χ0n) is 27.0. The number of carboxylic acid groups (broad SMARTS) is 1. The van der Waals surface area contributed by atoms with E-state index >= 15 is 0 Å². The van der Waals surface area contributed by atoms with Gasteiger partial charge in [0.1, 0.15) is 5.54 Å². The molecule has 0 fully saturated rings. The molecule has 7 aromatic rings. The van der Waals surface area contributed by atoms with Crippen molar-refractivity contribution in [2.75, 3.05) is 5.32 Å². The second-order valence-electron chi connectivity index (χ2n) is 11.9. The second kappa shape index (κ2) is 14.1. The van der Waals surface area contributed by atoms with Gasteiger partial charge in [0.15, 0.2) is 5.13 Å². The maximum absolute atomic E-state index is 12.5. The van der Waals surface area contributed by atoms with Crippen molar-refractivity contribution in [3.05, 3.63) is 231 Å². The van der Waals surface area contributed by atoms with Gasteiger partial charge >= 0.3 is 5.97 Å². The minimum absolute atomic E-state index is 0.303. The maximum atomic E-state index is 12.5. The molecule has 0 radical (unpaired) electrons. The van der Waals surface area contributed by atoms with Gasteiger partial charge in [0.25, 0.3) is 0 Å². The minimum atomic E-state index is -1.61. The highest BCUT2D eigenvalue weighted by Crippen LogP contribution is 2.49. The van der Waals surface area contributed by atoms with Crippen LogP contribution in [-0.2, 0) is 15.7 Å². The molecule has 0 aliphatic heterocycles. The smallest absolute Gasteiger partial charge is 0.336 e. The zero-order valence-corrected chi connectivity index (χ0v) is 27.8. The summed E-state index contributed by atoms with van der Waals surface area (Å²) < 4.78 is 0. The van der Waals surface area contributed by atoms with Crippen molar-refractivity contribution in [2.24, 2.45) is 5.18 Å². The van der Waals surface area contributed by atoms with Gasteiger partial charge in [-0.3, -0.25) is 0 Å². The summed E-state index contributed by atoms with van der Waals surface area (Å²) in [6.45, 7) is 0. The van der Waals surface area contributed by atoms with Gasteiger partial charge in [-0.25, -0.2) is 9.78 Å². The van der Waals surface area contributed by atoms with E-state index in [4.69, 9.17) is 4.98 Å². The summed E-state index contributed by atoms with van der Waals surface area (Å²) >= 11 is 1.47. The predicted molar refractivity (Wildman–Crippen MR) is 199 cm³/mol. The van der Waals surface area contributed by atoms with Gasteiger partial charge in [-0.2, -0.15) is 0 Å². The van der Waals surface area contributed by atoms with Crippen LogP contribution >= 0.6 is 11.3 Å². The molecule has 50 heavy (non-hydrogen) atoms. The summed E-state index contributed by atoms with van der Waals surface area (Å²) in [5.41, 5.74) is 4.52. The van der Waals surface area contributed by atoms with E-state index in [1.165, 1.54) is 11.3 Å². The molecule has 6 aromatic carbocycles. The quantitative estimate of drug-likeness (QED) is 0.0997. The van der Waals surface area contributed by atoms with Gasteiger partial charge in [0, 0.05) is 5.38 Å². The van der Waals surface area contributed by atoms with Gasteiger partial charge in [-0.15, -0.1) is 16.2 Å². The fourth-order valence-corrected chi connectivity index (χ4v) is 7.86. The Bertz CT molecular complexity index is 2060. The van der Waals surface area contributed by atoms with Crippen LogP contribution in [0.4, 0.5) is 5.13 Å². The fraction of sp³-hybridized carbons (Fsp3) is 0.0698. The van der Waals surface area contributed by atoms with Gasteiger partial charge in [0.2, 0.25) is 6.04 Å². The molecule has 0 amide bonds. The Kier molecular flexibility index (Phi) is 9.14. The third-order valence-electron chi connectivity index (χ3n) is 9.22. The second-order valence-corrected chi connectivity index (χ2v) is 12.8. The molecule has 1 atom stereocenters. The lowest BCUT2D eigenvalue weighted by Gasteiger charge is -2.37. The normalized spacial score (nSPS) is 12.2. The SMILES string of the molecule is O=NC(C(=O)O)c1ccccc1C(c1ccccc1)(c1ccccc1)c1csc(NC(c2ccccc2)(c2ccccc2)c2ccccc2)n1. The number of carbonyl (C=O) groups is 1. The highest BCUT2D eigenvalue weighted by Gasteiger charge is 2.45. The molecule has 0 aliphatic carbocycles. The van der Waals surface area contributed by atoms with Gasteiger partial charge in [-0.1, -0.05) is 176 Å². The third-order valence-corrected chi connectivity index (χ3v) is 9.97. The van der Waals surface area contributed by atoms with Crippen molar-refractivity contribution in [3.8, 4) is 0 Å². The lowest BCUT2D eigenvalue weighted by atomic mass is 9.65. The molecule has 1 aromatic heterocycles. The lowest BCUT2D eigenvalue weighted by molar-refractivity contribution is -0.138. The van der Waals surface area contributed by atoms with Crippen molar-refractivity contribution in [2.45, 2.75) is 17.0 Å². The number of hydrogen-bond acceptors (Lipinski definition) is 6. The van der Waals surface area contributed by atoms with Crippen LogP contribution in [-0.4, -0.2) is 16.1 Å². The summed E-state index contributed by atoms with van der Waals surface area (Å²) in [5.74, 6) is -1.32. The molecule has 0 saturated heterocycles. The van der Waals surface area contributed by atoms with E-state index in [0.717, 1.165) is 27.8 Å². The largest absolute Gasteiger partial charge is 0.479 e. The first-order valence-electron chi connectivity index (χ1n) is 16.3. The van der Waals surface area contributed by atoms with E-state index in [0.29, 0.717) is 22.0 Å². The van der Waals surface area contributed by atoms with Gasteiger partial charge in [0.05, 0.1) is 11.1 Å². The number of benzene rings is 6. The highest BCUT2D eigenvalue weighted by molar-refractivity contribution is 7.13. The average molecular weight is 672 g/mol. The number of nitrogens with one attached hydrogen (secondary N) is 1. The Morgan fingerprint density at radius 2 is 1.00 bits per heavy atom. The number of nitrogens with zero attached hydrogens (tertiary/aromatic N) is 2. The average Bonchev–Trinajstić information content (AvgIpc) is 3.65. The molecule has 6 nitrogen and oxygen atoms in total. The molecule has 1 heterocycles. The maximum Gasteiger partial charge on any atom is 0.336 e. The van der Waals surface area contributed by atoms with E-state index in [-0.39, 0.29) is 0 Å². The lowest BCUT2D eigenvalue weighted by Crippen LogP contribution is -2.38. The number of aliphatic carboxylic acids is 1. The molecule has 0 saturated carbocycles. The van der Waals surface area contributed by atoms with Crippen LogP contribution in [0.3, 0.4) is 0 Å². The van der Waals surface area contributed by atoms with Crippen LogP contribution in [0.15, 0.2) is 186 Å². The first kappa shape index (κ1) is 32.4. The molecule has 2 N–H and O–H groups in total. The summed E-state index contributed by atoms with van der Waals surface area (Å²) in [7, 11) is 0. The summed E-state index contributed by atoms with van der Waals surface area (Å²) in [6, 6.07) is 56.3. The van der Waals surface area contributed by atoms with Crippen LogP contribution in [0.1, 0.15) is 50.7 Å². The number of nitroso groups, excluding NO2 is 1. The van der Waals surface area contributed by atoms with E-state index in [1.807, 2.05) is 133 Å². The predicted octanol–water partition coefficient (Wildman–Crippen LogP) is 9.82. The number of aromatic nitrogens is 1. The number of rotatable bonds is 12. The van der Waals surface area contributed by atoms with E-state index in [1.54, 1.807) is 12.1 Å². The molecule has 0 bridgehead atoms. The molecule has 7 heteroatoms. The third kappa shape index (κ3) is 5.67. The zero-order chi connectivity index (χ0) is 34.4. The van der Waals surface area contributed by atoms with Crippen molar-refractivity contribution in [1.29, 1.82) is 0 Å². The van der Waals surface area contributed by atoms with Gasteiger partial charge in [-0.05, 0) is 44.1 Å². The molecule has 7 rings (SSSR count). The molecule has 0 aliphatic rings. The Labute approximate surface area is 294 Å². The topological polar surface area (TPSA) is 91.7 Å². The highest BCUT2D eigenvalue weighted by atomic mass is 32.1. The van der Waals surface area contributed by atoms with Crippen LogP contribution in [0.25, 0.3) is 0 Å². The standard InChI is InChI=1S/C43H33N3O3S/c47-40(48)39(46-49)36-28-16-17-29-37(36)42(31-18-6-1-7-19-31,32-20-8-2-9-21-32)38-30-50-41(44-38)45-43(33-22-10-3-11-23-33,34-24-12-4-13-25-34)35-26-14-5-15-27-35/h1-30,39H,(H,44,45)(H,47,48). The fourth-order valence-electron chi connectivity index (χ4n) is 7.04. The van der Waals surface area contributed by atoms with Crippen LogP contribution in [0.2, 0.25) is 0 Å². The van der Waals surface area contributed by atoms with Crippen molar-refractivity contribution < 1.29 is 9.90 Å². The Morgan fingerprint density at radius 3 is 1.42 bits per heavy atom. The minimum Gasteiger partial charge on any atom is -0.479 e.